The van der Waals surface area contributed by atoms with Gasteiger partial charge in [-0.1, -0.05) is 11.6 Å². The Kier molecular flexibility index (Phi) is 5.59. The molecule has 1 unspecified atom stereocenters. The number of hydrogen-bond acceptors (Lipinski definition) is 6. The number of nitrogens with zero attached hydrogens (tertiary/aromatic N) is 5. The molecule has 0 amide bonds. The van der Waals surface area contributed by atoms with Gasteiger partial charge in [-0.15, -0.1) is 0 Å². The zero-order valence-corrected chi connectivity index (χ0v) is 19.2. The van der Waals surface area contributed by atoms with Crippen LogP contribution in [-0.2, 0) is 9.47 Å². The summed E-state index contributed by atoms with van der Waals surface area (Å²) >= 11 is 6.44. The molecular weight excluding hydrogens is 463 g/mol. The molecule has 4 heterocycles. The number of hydrogen-bond donors (Lipinski definition) is 1. The molecule has 1 saturated carbocycles. The van der Waals surface area contributed by atoms with Crippen molar-refractivity contribution < 1.29 is 13.9 Å². The maximum Gasteiger partial charge on any atom is 0.328 e. The molecule has 9 nitrogen and oxygen atoms in total. The third-order valence-corrected chi connectivity index (χ3v) is 7.00. The Morgan fingerprint density at radius 1 is 1.15 bits per heavy atom. The number of rotatable bonds is 4. The van der Waals surface area contributed by atoms with Gasteiger partial charge < -0.3 is 14.5 Å². The highest BCUT2D eigenvalue weighted by molar-refractivity contribution is 6.33. The van der Waals surface area contributed by atoms with Crippen LogP contribution in [0.1, 0.15) is 51.0 Å². The van der Waals surface area contributed by atoms with Gasteiger partial charge in [-0.3, -0.25) is 9.13 Å². The topological polar surface area (TPSA) is 99.9 Å². The number of fused-ring (bicyclic) bond motifs is 2. The summed E-state index contributed by atoms with van der Waals surface area (Å²) in [5.41, 5.74) is 1.67. The van der Waals surface area contributed by atoms with Crippen molar-refractivity contribution in [3.63, 3.8) is 0 Å². The van der Waals surface area contributed by atoms with Gasteiger partial charge in [-0.05, 0) is 57.1 Å². The summed E-state index contributed by atoms with van der Waals surface area (Å²) in [5, 5.41) is 0.126. The summed E-state index contributed by atoms with van der Waals surface area (Å²) in [6, 6.07) is 4.27. The number of nitrogens with one attached hydrogen (secondary N) is 1. The van der Waals surface area contributed by atoms with Gasteiger partial charge in [0.2, 0.25) is 5.95 Å². The first-order valence-electron chi connectivity index (χ1n) is 11.6. The minimum absolute atomic E-state index is 0.0378. The van der Waals surface area contributed by atoms with Crippen molar-refractivity contribution in [2.75, 3.05) is 6.61 Å². The molecule has 3 aromatic heterocycles. The van der Waals surface area contributed by atoms with Gasteiger partial charge >= 0.3 is 5.69 Å². The maximum atomic E-state index is 13.9. The minimum Gasteiger partial charge on any atom is -0.353 e. The molecule has 0 bridgehead atoms. The Bertz CT molecular complexity index is 1400. The predicted octanol–water partition coefficient (Wildman–Crippen LogP) is 4.28. The van der Waals surface area contributed by atoms with Gasteiger partial charge in [-0.25, -0.2) is 14.2 Å². The molecule has 2 aliphatic rings. The summed E-state index contributed by atoms with van der Waals surface area (Å²) in [6.07, 6.45) is 7.91. The van der Waals surface area contributed by atoms with Crippen molar-refractivity contribution in [2.45, 2.75) is 63.4 Å². The van der Waals surface area contributed by atoms with E-state index in [1.807, 2.05) is 0 Å². The van der Waals surface area contributed by atoms with Crippen molar-refractivity contribution in [3.05, 3.63) is 46.0 Å². The highest BCUT2D eigenvalue weighted by Crippen LogP contribution is 2.33. The molecule has 0 radical (unpaired) electrons. The lowest BCUT2D eigenvalue weighted by molar-refractivity contribution is -0.194. The second kappa shape index (κ2) is 8.75. The first-order chi connectivity index (χ1) is 16.6. The Hall–Kier alpha value is -2.82. The fourth-order valence-corrected chi connectivity index (χ4v) is 5.22. The predicted molar refractivity (Wildman–Crippen MR) is 124 cm³/mol. The molecule has 1 atom stereocenters. The second-order valence-electron chi connectivity index (χ2n) is 8.92. The van der Waals surface area contributed by atoms with Crippen molar-refractivity contribution in [2.24, 2.45) is 0 Å². The average molecular weight is 487 g/mol. The molecule has 11 heteroatoms. The van der Waals surface area contributed by atoms with Crippen LogP contribution in [0.5, 0.6) is 0 Å². The molecule has 178 valence electrons. The molecule has 34 heavy (non-hydrogen) atoms. The zero-order chi connectivity index (χ0) is 23.2. The van der Waals surface area contributed by atoms with E-state index in [0.29, 0.717) is 22.2 Å². The highest BCUT2D eigenvalue weighted by atomic mass is 35.5. The van der Waals surface area contributed by atoms with Crippen LogP contribution in [0.25, 0.3) is 28.1 Å². The smallest absolute Gasteiger partial charge is 0.328 e. The Labute approximate surface area is 198 Å². The van der Waals surface area contributed by atoms with Crippen LogP contribution < -0.4 is 5.69 Å². The molecule has 6 rings (SSSR count). The molecule has 1 aliphatic carbocycles. The maximum absolute atomic E-state index is 13.9. The summed E-state index contributed by atoms with van der Waals surface area (Å²) in [6.45, 7) is 0.756. The highest BCUT2D eigenvalue weighted by Gasteiger charge is 2.29. The second-order valence-corrected chi connectivity index (χ2v) is 9.28. The van der Waals surface area contributed by atoms with Gasteiger partial charge in [0, 0.05) is 18.7 Å². The van der Waals surface area contributed by atoms with Gasteiger partial charge in [-0.2, -0.15) is 9.97 Å². The van der Waals surface area contributed by atoms with Crippen LogP contribution in [0.3, 0.4) is 0 Å². The van der Waals surface area contributed by atoms with E-state index in [1.54, 1.807) is 15.2 Å². The summed E-state index contributed by atoms with van der Waals surface area (Å²) in [4.78, 5) is 29.0. The zero-order valence-electron chi connectivity index (χ0n) is 18.4. The lowest BCUT2D eigenvalue weighted by Gasteiger charge is -2.33. The number of aromatic amines is 1. The van der Waals surface area contributed by atoms with Gasteiger partial charge in [0.05, 0.1) is 17.1 Å². The monoisotopic (exact) mass is 486 g/mol. The number of H-pyrrole nitrogens is 1. The molecule has 2 fully saturated rings. The summed E-state index contributed by atoms with van der Waals surface area (Å²) in [7, 11) is 0. The lowest BCUT2D eigenvalue weighted by Crippen LogP contribution is -2.33. The molecule has 1 N–H and O–H groups in total. The van der Waals surface area contributed by atoms with Gasteiger partial charge in [0.1, 0.15) is 17.7 Å². The number of benzene rings is 1. The van der Waals surface area contributed by atoms with Crippen LogP contribution in [-0.4, -0.2) is 48.1 Å². The van der Waals surface area contributed by atoms with Crippen LogP contribution in [0, 0.1) is 5.82 Å². The van der Waals surface area contributed by atoms with Crippen LogP contribution in [0.15, 0.2) is 29.3 Å². The van der Waals surface area contributed by atoms with Crippen LogP contribution in [0.4, 0.5) is 4.39 Å². The standard InChI is InChI=1S/C23H24ClFN6O3/c24-20-19-21(29-22(28-20)30-12-26-16-9-4-13(25)11-17(16)30)31(23(32)27-19)14-5-7-15(8-6-14)34-18-3-1-2-10-33-18/h4,9,11-12,14-15,18H,1-3,5-8,10H2,(H,27,32). The van der Waals surface area contributed by atoms with E-state index in [9.17, 15) is 9.18 Å². The van der Waals surface area contributed by atoms with Crippen LogP contribution >= 0.6 is 11.6 Å². The average Bonchev–Trinajstić information content (AvgIpc) is 3.41. The van der Waals surface area contributed by atoms with Gasteiger partial charge in [0.15, 0.2) is 17.1 Å². The van der Waals surface area contributed by atoms with E-state index < -0.39 is 5.82 Å². The third-order valence-electron chi connectivity index (χ3n) is 6.73. The van der Waals surface area contributed by atoms with Crippen molar-refractivity contribution >= 4 is 33.8 Å². The lowest BCUT2D eigenvalue weighted by atomic mass is 9.92. The quantitative estimate of drug-likeness (QED) is 0.432. The van der Waals surface area contributed by atoms with Crippen molar-refractivity contribution in [3.8, 4) is 5.95 Å². The third kappa shape index (κ3) is 3.89. The van der Waals surface area contributed by atoms with Crippen LogP contribution in [0.2, 0.25) is 5.15 Å². The fourth-order valence-electron chi connectivity index (χ4n) is 5.02. The molecule has 1 aromatic carbocycles. The van der Waals surface area contributed by atoms with E-state index >= 15 is 0 Å². The molecule has 0 spiro atoms. The number of ether oxygens (including phenoxy) is 2. The van der Waals surface area contributed by atoms with Gasteiger partial charge in [0.25, 0.3) is 0 Å². The van der Waals surface area contributed by atoms with E-state index in [0.717, 1.165) is 51.6 Å². The Morgan fingerprint density at radius 2 is 2.00 bits per heavy atom. The van der Waals surface area contributed by atoms with E-state index in [1.165, 1.54) is 18.5 Å². The van der Waals surface area contributed by atoms with E-state index in [-0.39, 0.29) is 35.2 Å². The Morgan fingerprint density at radius 3 is 2.79 bits per heavy atom. The van der Waals surface area contributed by atoms with E-state index in [4.69, 9.17) is 21.1 Å². The molecule has 1 saturated heterocycles. The first kappa shape index (κ1) is 21.7. The SMILES string of the molecule is O=c1[nH]c2c(Cl)nc(-n3cnc4ccc(F)cc43)nc2n1C1CCC(OC2CCCCO2)CC1. The van der Waals surface area contributed by atoms with Crippen molar-refractivity contribution in [1.29, 1.82) is 0 Å². The van der Waals surface area contributed by atoms with E-state index in [2.05, 4.69) is 19.9 Å². The summed E-state index contributed by atoms with van der Waals surface area (Å²) < 4.78 is 29.0. The first-order valence-corrected chi connectivity index (χ1v) is 12.0. The molecule has 4 aromatic rings. The van der Waals surface area contributed by atoms with Crippen molar-refractivity contribution in [1.82, 2.24) is 29.1 Å². The largest absolute Gasteiger partial charge is 0.353 e. The number of halogens is 2. The normalized spacial score (nSPS) is 23.6. The molecule has 1 aliphatic heterocycles. The minimum atomic E-state index is -0.391. The molecular formula is C23H24ClFN6O3. The number of imidazole rings is 2. The Balaban J connectivity index is 1.30. The summed E-state index contributed by atoms with van der Waals surface area (Å²) in [5.74, 6) is -0.164. The number of aromatic nitrogens is 6. The fraction of sp³-hybridized carbons (Fsp3) is 0.478.